The van der Waals surface area contributed by atoms with Gasteiger partial charge >= 0.3 is 0 Å². The van der Waals surface area contributed by atoms with Crippen LogP contribution in [-0.4, -0.2) is 32.1 Å². The van der Waals surface area contributed by atoms with Crippen LogP contribution in [0.5, 0.6) is 0 Å². The number of alkyl halides is 1. The Hall–Kier alpha value is -1.48. The van der Waals surface area contributed by atoms with E-state index in [0.717, 1.165) is 13.1 Å². The summed E-state index contributed by atoms with van der Waals surface area (Å²) in [4.78, 5) is 3.79. The molecule has 0 bridgehead atoms. The molecule has 0 spiro atoms. The van der Waals surface area contributed by atoms with Crippen molar-refractivity contribution in [2.45, 2.75) is 39.2 Å². The first-order chi connectivity index (χ1) is 12.9. The number of rotatable bonds is 6. The van der Waals surface area contributed by atoms with Crippen molar-refractivity contribution in [2.75, 3.05) is 30.9 Å². The third-order valence-electron chi connectivity index (χ3n) is 6.11. The van der Waals surface area contributed by atoms with E-state index in [1.54, 1.807) is 0 Å². The van der Waals surface area contributed by atoms with Gasteiger partial charge in [-0.25, -0.2) is 0 Å². The zero-order valence-corrected chi connectivity index (χ0v) is 19.1. The van der Waals surface area contributed by atoms with Crippen LogP contribution in [0.25, 0.3) is 6.08 Å². The number of halogens is 2. The molecule has 0 radical (unpaired) electrons. The van der Waals surface area contributed by atoms with Crippen molar-refractivity contribution in [1.29, 1.82) is 0 Å². The molecule has 1 aliphatic rings. The minimum atomic E-state index is 0. The molecule has 0 aliphatic carbocycles. The molecule has 3 rings (SSSR count). The van der Waals surface area contributed by atoms with Crippen LogP contribution in [0.3, 0.4) is 0 Å². The number of nitrogens with zero attached hydrogens (tertiary/aromatic N) is 1. The number of nitrogens with one attached hydrogen (secondary N) is 1. The van der Waals surface area contributed by atoms with Crippen LogP contribution >= 0.6 is 11.6 Å². The van der Waals surface area contributed by atoms with Gasteiger partial charge in [0.1, 0.15) is 11.7 Å². The van der Waals surface area contributed by atoms with Gasteiger partial charge < -0.3 is 17.3 Å². The van der Waals surface area contributed by atoms with Crippen LogP contribution in [0.15, 0.2) is 48.5 Å². The van der Waals surface area contributed by atoms with Gasteiger partial charge in [0.25, 0.3) is 0 Å². The van der Waals surface area contributed by atoms with Gasteiger partial charge in [-0.2, -0.15) is 0 Å². The largest absolute Gasteiger partial charge is 1.00 e. The summed E-state index contributed by atoms with van der Waals surface area (Å²) in [6.07, 6.45) is 4.70. The lowest BCUT2D eigenvalue weighted by atomic mass is 9.80. The van der Waals surface area contributed by atoms with Gasteiger partial charge in [0, 0.05) is 30.2 Å². The molecular weight excluding hydrogens is 387 g/mol. The molecule has 1 heterocycles. The third kappa shape index (κ3) is 4.25. The van der Waals surface area contributed by atoms with E-state index in [1.165, 1.54) is 33.0 Å². The van der Waals surface area contributed by atoms with Crippen LogP contribution in [0.1, 0.15) is 37.5 Å². The summed E-state index contributed by atoms with van der Waals surface area (Å²) in [6.45, 7) is 11.0. The summed E-state index contributed by atoms with van der Waals surface area (Å²) in [5.41, 5.74) is 6.87. The Bertz CT molecular complexity index is 829. The van der Waals surface area contributed by atoms with Crippen LogP contribution < -0.4 is 22.2 Å². The molecule has 0 aromatic heterocycles. The Morgan fingerprint density at radius 1 is 1.18 bits per heavy atom. The Kier molecular flexibility index (Phi) is 7.61. The second kappa shape index (κ2) is 9.35. The van der Waals surface area contributed by atoms with Crippen molar-refractivity contribution < 1.29 is 17.3 Å². The lowest BCUT2D eigenvalue weighted by Crippen LogP contribution is -3.07. The molecular formula is C24H32Cl2N2. The molecule has 152 valence electrons. The zero-order chi connectivity index (χ0) is 19.6. The lowest BCUT2D eigenvalue weighted by molar-refractivity contribution is -0.828. The van der Waals surface area contributed by atoms with E-state index < -0.39 is 0 Å². The summed E-state index contributed by atoms with van der Waals surface area (Å²) in [7, 11) is 2.28. The highest BCUT2D eigenvalue weighted by molar-refractivity contribution is 6.18. The van der Waals surface area contributed by atoms with Crippen LogP contribution in [0.2, 0.25) is 0 Å². The minimum absolute atomic E-state index is 0. The fraction of sp³-hybridized carbons (Fsp3) is 0.417. The fourth-order valence-corrected chi connectivity index (χ4v) is 4.67. The average molecular weight is 419 g/mol. The highest BCUT2D eigenvalue weighted by atomic mass is 35.5. The number of benzene rings is 2. The Balaban J connectivity index is 0.00000280. The number of anilines is 1. The van der Waals surface area contributed by atoms with Crippen LogP contribution in [0.4, 0.5) is 11.4 Å². The summed E-state index contributed by atoms with van der Waals surface area (Å²) in [6, 6.07) is 16.0. The smallest absolute Gasteiger partial charge is 0.135 e. The Morgan fingerprint density at radius 2 is 1.89 bits per heavy atom. The quantitative estimate of drug-likeness (QED) is 0.699. The third-order valence-corrected chi connectivity index (χ3v) is 6.28. The van der Waals surface area contributed by atoms with Gasteiger partial charge in [0.2, 0.25) is 0 Å². The van der Waals surface area contributed by atoms with Gasteiger partial charge in [-0.3, -0.25) is 4.90 Å². The summed E-state index contributed by atoms with van der Waals surface area (Å²) >= 11 is 5.94. The monoisotopic (exact) mass is 418 g/mol. The Labute approximate surface area is 181 Å². The molecule has 4 heteroatoms. The summed E-state index contributed by atoms with van der Waals surface area (Å²) < 4.78 is 0. The van der Waals surface area contributed by atoms with E-state index >= 15 is 0 Å². The molecule has 1 aliphatic heterocycles. The fourth-order valence-electron chi connectivity index (χ4n) is 4.47. The predicted octanol–water partition coefficient (Wildman–Crippen LogP) is 1.58. The van der Waals surface area contributed by atoms with Crippen molar-refractivity contribution in [3.63, 3.8) is 0 Å². The van der Waals surface area contributed by atoms with E-state index in [-0.39, 0.29) is 17.8 Å². The summed E-state index contributed by atoms with van der Waals surface area (Å²) in [5, 5.41) is 0. The number of likely N-dealkylation sites (N-methyl/N-ethyl adjacent to an activating group) is 1. The highest BCUT2D eigenvalue weighted by Gasteiger charge is 2.45. The summed E-state index contributed by atoms with van der Waals surface area (Å²) in [5.74, 6) is 0.654. The van der Waals surface area contributed by atoms with Crippen LogP contribution in [-0.2, 0) is 5.41 Å². The van der Waals surface area contributed by atoms with Gasteiger partial charge in [0.05, 0.1) is 12.5 Å². The number of quaternary nitrogens is 1. The van der Waals surface area contributed by atoms with E-state index in [4.69, 9.17) is 11.6 Å². The van der Waals surface area contributed by atoms with Crippen molar-refractivity contribution in [1.82, 2.24) is 0 Å². The molecule has 2 unspecified atom stereocenters. The molecule has 0 amide bonds. The molecule has 0 fully saturated rings. The van der Waals surface area contributed by atoms with Gasteiger partial charge in [-0.15, -0.1) is 11.6 Å². The molecule has 2 nitrogen and oxygen atoms in total. The maximum atomic E-state index is 5.94. The van der Waals surface area contributed by atoms with E-state index in [1.807, 2.05) is 0 Å². The number of aryl methyl sites for hydroxylation is 1. The second-order valence-corrected chi connectivity index (χ2v) is 8.47. The highest BCUT2D eigenvalue weighted by Crippen LogP contribution is 2.36. The molecule has 0 saturated heterocycles. The normalized spacial score (nSPS) is 20.1. The minimum Gasteiger partial charge on any atom is -1.00 e. The number of para-hydroxylation sites is 1. The molecule has 1 N–H and O–H groups in total. The number of hydrogen-bond donors (Lipinski definition) is 1. The second-order valence-electron chi connectivity index (χ2n) is 8.10. The number of hydrogen-bond acceptors (Lipinski definition) is 1. The standard InChI is InChI=1S/C24H31ClN2.ClH/c1-6-27(16-15-25)20-13-11-19(18(2)17-20)12-14-23-24(3,4)21-9-7-8-10-22(21)26(23)5;/h7-14,17,23H,6,15-16H2,1-5H3;1H/b14-12+;. The molecule has 2 atom stereocenters. The van der Waals surface area contributed by atoms with Crippen LogP contribution in [0, 0.1) is 6.92 Å². The van der Waals surface area contributed by atoms with Gasteiger partial charge in [-0.1, -0.05) is 30.3 Å². The first-order valence-electron chi connectivity index (χ1n) is 9.93. The molecule has 28 heavy (non-hydrogen) atoms. The first-order valence-corrected chi connectivity index (χ1v) is 10.5. The maximum absolute atomic E-state index is 5.94. The maximum Gasteiger partial charge on any atom is 0.135 e. The predicted molar refractivity (Wildman–Crippen MR) is 119 cm³/mol. The van der Waals surface area contributed by atoms with Gasteiger partial charge in [-0.05, 0) is 63.1 Å². The van der Waals surface area contributed by atoms with Gasteiger partial charge in [0.15, 0.2) is 0 Å². The van der Waals surface area contributed by atoms with E-state index in [0.29, 0.717) is 11.9 Å². The van der Waals surface area contributed by atoms with Crippen molar-refractivity contribution >= 4 is 29.1 Å². The molecule has 2 aromatic rings. The lowest BCUT2D eigenvalue weighted by Gasteiger charge is -2.25. The van der Waals surface area contributed by atoms with Crippen molar-refractivity contribution in [2.24, 2.45) is 0 Å². The number of fused-ring (bicyclic) bond motifs is 1. The van der Waals surface area contributed by atoms with E-state index in [2.05, 4.69) is 94.3 Å². The molecule has 2 aromatic carbocycles. The zero-order valence-electron chi connectivity index (χ0n) is 17.6. The van der Waals surface area contributed by atoms with E-state index in [9.17, 15) is 0 Å². The average Bonchev–Trinajstić information content (AvgIpc) is 2.85. The van der Waals surface area contributed by atoms with Crippen molar-refractivity contribution in [3.05, 3.63) is 65.2 Å². The first kappa shape index (κ1) is 22.8. The topological polar surface area (TPSA) is 7.68 Å². The molecule has 0 saturated carbocycles. The Morgan fingerprint density at radius 3 is 2.50 bits per heavy atom. The SMILES string of the molecule is CCN(CCCl)c1ccc(/C=C/C2[NH+](C)c3ccccc3C2(C)C)c(C)c1.[Cl-]. The van der Waals surface area contributed by atoms with Crippen molar-refractivity contribution in [3.8, 4) is 0 Å².